The van der Waals surface area contributed by atoms with Crippen LogP contribution in [0.2, 0.25) is 0 Å². The number of nitro benzene ring substituents is 1. The summed E-state index contributed by atoms with van der Waals surface area (Å²) in [5.41, 5.74) is 2.73. The fraction of sp³-hybridized carbons (Fsp3) is 0.290. The number of nitro groups is 1. The first-order valence-electron chi connectivity index (χ1n) is 14.3. The lowest BCUT2D eigenvalue weighted by atomic mass is 10.1. The van der Waals surface area contributed by atoms with Gasteiger partial charge in [-0.25, -0.2) is 19.6 Å². The van der Waals surface area contributed by atoms with Gasteiger partial charge in [0.2, 0.25) is 5.95 Å². The van der Waals surface area contributed by atoms with E-state index in [1.54, 1.807) is 18.2 Å². The van der Waals surface area contributed by atoms with Gasteiger partial charge in [-0.1, -0.05) is 11.3 Å². The molecule has 0 aliphatic rings. The average Bonchev–Trinajstić information content (AvgIpc) is 3.59. The Bertz CT molecular complexity index is 1970. The van der Waals surface area contributed by atoms with E-state index < -0.39 is 23.2 Å². The SMILES string of the molecule is COC(=O)c1ccc(NC(C)C)c([N+](=O)[O-])c1.COC(=O)c1ccc2c(c1)nc(Nc1nc3ccc(OC(F)(F)F)cc3s1)n2C(C)C. The Labute approximate surface area is 275 Å². The van der Waals surface area contributed by atoms with E-state index in [9.17, 15) is 32.9 Å². The van der Waals surface area contributed by atoms with Crippen LogP contribution in [0.25, 0.3) is 21.3 Å². The third-order valence-corrected chi connectivity index (χ3v) is 7.43. The molecule has 13 nitrogen and oxygen atoms in total. The lowest BCUT2D eigenvalue weighted by molar-refractivity contribution is -0.384. The minimum absolute atomic E-state index is 0.0395. The van der Waals surface area contributed by atoms with Gasteiger partial charge in [0.25, 0.3) is 5.69 Å². The number of carbonyl (C=O) groups is 2. The molecule has 0 saturated heterocycles. The Morgan fingerprint density at radius 2 is 1.56 bits per heavy atom. The molecule has 2 N–H and O–H groups in total. The highest BCUT2D eigenvalue weighted by molar-refractivity contribution is 7.22. The summed E-state index contributed by atoms with van der Waals surface area (Å²) < 4.78 is 53.1. The van der Waals surface area contributed by atoms with E-state index in [-0.39, 0.29) is 29.1 Å². The number of alkyl halides is 3. The van der Waals surface area contributed by atoms with Crippen molar-refractivity contribution in [1.82, 2.24) is 14.5 Å². The monoisotopic (exact) mass is 688 g/mol. The van der Waals surface area contributed by atoms with Gasteiger partial charge in [0, 0.05) is 24.2 Å². The van der Waals surface area contributed by atoms with Crippen LogP contribution in [0.4, 0.5) is 35.6 Å². The van der Waals surface area contributed by atoms with Gasteiger partial charge in [0.1, 0.15) is 11.4 Å². The summed E-state index contributed by atoms with van der Waals surface area (Å²) in [6.45, 7) is 7.72. The van der Waals surface area contributed by atoms with Gasteiger partial charge in [0.15, 0.2) is 5.13 Å². The molecule has 2 heterocycles. The lowest BCUT2D eigenvalue weighted by Gasteiger charge is -2.13. The maximum Gasteiger partial charge on any atom is 0.573 e. The highest BCUT2D eigenvalue weighted by atomic mass is 32.1. The summed E-state index contributed by atoms with van der Waals surface area (Å²) >= 11 is 1.18. The van der Waals surface area contributed by atoms with Crippen molar-refractivity contribution in [2.45, 2.75) is 46.1 Å². The topological polar surface area (TPSA) is 160 Å². The van der Waals surface area contributed by atoms with Crippen LogP contribution >= 0.6 is 11.3 Å². The predicted octanol–water partition coefficient (Wildman–Crippen LogP) is 7.86. The predicted molar refractivity (Wildman–Crippen MR) is 174 cm³/mol. The van der Waals surface area contributed by atoms with Crippen molar-refractivity contribution < 1.29 is 41.9 Å². The number of thiazole rings is 1. The number of imidazole rings is 1. The first kappa shape index (κ1) is 35.4. The largest absolute Gasteiger partial charge is 0.573 e. The van der Waals surface area contributed by atoms with Crippen molar-refractivity contribution in [2.24, 2.45) is 0 Å². The van der Waals surface area contributed by atoms with Gasteiger partial charge >= 0.3 is 18.3 Å². The number of rotatable bonds is 9. The molecule has 0 aliphatic carbocycles. The maximum atomic E-state index is 12.5. The summed E-state index contributed by atoms with van der Waals surface area (Å²) in [4.78, 5) is 42.4. The Balaban J connectivity index is 0.000000260. The van der Waals surface area contributed by atoms with Gasteiger partial charge < -0.3 is 29.4 Å². The molecular weight excluding hydrogens is 657 g/mol. The molecule has 5 aromatic rings. The molecule has 0 saturated carbocycles. The number of halogens is 3. The molecule has 48 heavy (non-hydrogen) atoms. The van der Waals surface area contributed by atoms with E-state index in [2.05, 4.69) is 30.1 Å². The van der Waals surface area contributed by atoms with Gasteiger partial charge in [-0.3, -0.25) is 10.1 Å². The fourth-order valence-electron chi connectivity index (χ4n) is 4.57. The summed E-state index contributed by atoms with van der Waals surface area (Å²) in [6.07, 6.45) is -4.76. The lowest BCUT2D eigenvalue weighted by Crippen LogP contribution is -2.16. The van der Waals surface area contributed by atoms with E-state index in [1.807, 2.05) is 32.3 Å². The molecule has 0 aliphatic heterocycles. The Kier molecular flexibility index (Phi) is 10.7. The van der Waals surface area contributed by atoms with Crippen LogP contribution in [0.5, 0.6) is 5.75 Å². The highest BCUT2D eigenvalue weighted by Gasteiger charge is 2.31. The van der Waals surface area contributed by atoms with E-state index in [0.29, 0.717) is 38.1 Å². The van der Waals surface area contributed by atoms with E-state index in [0.717, 1.165) is 5.52 Å². The zero-order valence-electron chi connectivity index (χ0n) is 26.5. The zero-order valence-corrected chi connectivity index (χ0v) is 27.4. The number of hydrogen-bond acceptors (Lipinski definition) is 12. The minimum Gasteiger partial charge on any atom is -0.465 e. The smallest absolute Gasteiger partial charge is 0.465 e. The fourth-order valence-corrected chi connectivity index (χ4v) is 5.45. The van der Waals surface area contributed by atoms with Crippen LogP contribution in [0.3, 0.4) is 0 Å². The van der Waals surface area contributed by atoms with Crippen LogP contribution in [0.1, 0.15) is 54.5 Å². The first-order chi connectivity index (χ1) is 22.6. The molecule has 17 heteroatoms. The van der Waals surface area contributed by atoms with Crippen molar-refractivity contribution >= 4 is 67.0 Å². The molecule has 0 fully saturated rings. The summed E-state index contributed by atoms with van der Waals surface area (Å²) in [6, 6.07) is 13.4. The Morgan fingerprint density at radius 1 is 0.917 bits per heavy atom. The number of benzene rings is 3. The van der Waals surface area contributed by atoms with Crippen LogP contribution in [-0.2, 0) is 9.47 Å². The quantitative estimate of drug-likeness (QED) is 0.0882. The second-order valence-corrected chi connectivity index (χ2v) is 11.7. The maximum absolute atomic E-state index is 12.5. The van der Waals surface area contributed by atoms with Crippen molar-refractivity contribution in [2.75, 3.05) is 24.9 Å². The standard InChI is InChI=1S/C20H17F3N4O3S.C11H14N2O4/c1-10(2)27-15-7-4-11(17(28)29-3)8-14(15)24-18(27)26-19-25-13-6-5-12(9-16(13)31-19)30-20(21,22)23;1-7(2)12-9-5-4-8(11(14)17-3)6-10(9)13(15)16/h4-10H,1-3H3,(H,24,25,26);4-7,12H,1-3H3. The molecule has 0 bridgehead atoms. The molecule has 0 radical (unpaired) electrons. The number of aromatic nitrogens is 3. The zero-order chi connectivity index (χ0) is 35.3. The second-order valence-electron chi connectivity index (χ2n) is 10.7. The van der Waals surface area contributed by atoms with Crippen LogP contribution in [0, 0.1) is 10.1 Å². The first-order valence-corrected chi connectivity index (χ1v) is 15.1. The number of nitrogens with one attached hydrogen (secondary N) is 2. The molecular formula is C31H31F3N6O7S. The Morgan fingerprint density at radius 3 is 2.15 bits per heavy atom. The minimum atomic E-state index is -4.76. The molecule has 0 unspecified atom stereocenters. The van der Waals surface area contributed by atoms with Crippen molar-refractivity contribution in [1.29, 1.82) is 0 Å². The molecule has 0 spiro atoms. The second kappa shape index (κ2) is 14.5. The van der Waals surface area contributed by atoms with Crippen LogP contribution < -0.4 is 15.4 Å². The van der Waals surface area contributed by atoms with Gasteiger partial charge in [-0.05, 0) is 70.2 Å². The van der Waals surface area contributed by atoms with E-state index in [1.165, 1.54) is 62.0 Å². The molecule has 2 aromatic heterocycles. The molecule has 0 amide bonds. The number of fused-ring (bicyclic) bond motifs is 2. The number of ether oxygens (including phenoxy) is 3. The number of carbonyl (C=O) groups excluding carboxylic acids is 2. The summed E-state index contributed by atoms with van der Waals surface area (Å²) in [5.74, 6) is -0.861. The van der Waals surface area contributed by atoms with Crippen LogP contribution in [-0.4, -0.2) is 58.0 Å². The molecule has 5 rings (SSSR count). The number of anilines is 3. The molecule has 254 valence electrons. The summed E-state index contributed by atoms with van der Waals surface area (Å²) in [7, 11) is 2.54. The van der Waals surface area contributed by atoms with Crippen LogP contribution in [0.15, 0.2) is 54.6 Å². The van der Waals surface area contributed by atoms with Gasteiger partial charge in [0.05, 0.1) is 51.5 Å². The molecule has 3 aromatic carbocycles. The normalized spacial score (nSPS) is 11.3. The van der Waals surface area contributed by atoms with Crippen molar-refractivity contribution in [3.8, 4) is 5.75 Å². The molecule has 0 atom stereocenters. The number of hydrogen-bond donors (Lipinski definition) is 2. The third kappa shape index (κ3) is 8.47. The number of esters is 2. The van der Waals surface area contributed by atoms with E-state index in [4.69, 9.17) is 4.74 Å². The summed E-state index contributed by atoms with van der Waals surface area (Å²) in [5, 5.41) is 17.4. The van der Waals surface area contributed by atoms with Crippen molar-refractivity contribution in [3.05, 3.63) is 75.8 Å². The third-order valence-electron chi connectivity index (χ3n) is 6.50. The average molecular weight is 689 g/mol. The van der Waals surface area contributed by atoms with Crippen molar-refractivity contribution in [3.63, 3.8) is 0 Å². The number of methoxy groups -OCH3 is 2. The van der Waals surface area contributed by atoms with Gasteiger partial charge in [-0.2, -0.15) is 0 Å². The highest BCUT2D eigenvalue weighted by Crippen LogP contribution is 2.34. The Hall–Kier alpha value is -5.45. The van der Waals surface area contributed by atoms with Gasteiger partial charge in [-0.15, -0.1) is 13.2 Å². The van der Waals surface area contributed by atoms with E-state index >= 15 is 0 Å². The number of nitrogens with zero attached hydrogens (tertiary/aromatic N) is 4.